The van der Waals surface area contributed by atoms with Crippen molar-refractivity contribution in [3.63, 3.8) is 0 Å². The van der Waals surface area contributed by atoms with Crippen LogP contribution in [0.4, 0.5) is 5.69 Å². The molecule has 1 amide bonds. The number of nitrogens with two attached hydrogens (primary N) is 1. The van der Waals surface area contributed by atoms with Crippen LogP contribution in [0.15, 0.2) is 0 Å². The zero-order valence-electron chi connectivity index (χ0n) is 12.0. The number of hydrogen-bond acceptors (Lipinski definition) is 4. The topological polar surface area (TPSA) is 82.2 Å². The van der Waals surface area contributed by atoms with Crippen molar-refractivity contribution < 1.29 is 9.53 Å². The second kappa shape index (κ2) is 7.78. The fourth-order valence-corrected chi connectivity index (χ4v) is 1.75. The van der Waals surface area contributed by atoms with E-state index in [1.165, 1.54) is 4.68 Å². The molecule has 0 aromatic carbocycles. The molecule has 6 heteroatoms. The number of carbonyl (C=O) groups is 1. The number of amides is 1. The summed E-state index contributed by atoms with van der Waals surface area (Å²) in [6.45, 7) is 5.95. The summed E-state index contributed by atoms with van der Waals surface area (Å²) in [6, 6.07) is 0. The zero-order chi connectivity index (χ0) is 14.3. The van der Waals surface area contributed by atoms with Crippen molar-refractivity contribution in [1.29, 1.82) is 0 Å². The number of nitrogen functional groups attached to an aromatic ring is 1. The molecule has 1 aromatic rings. The van der Waals surface area contributed by atoms with Crippen LogP contribution in [-0.2, 0) is 11.8 Å². The summed E-state index contributed by atoms with van der Waals surface area (Å²) >= 11 is 0. The molecule has 6 nitrogen and oxygen atoms in total. The molecule has 0 atom stereocenters. The number of ether oxygens (including phenoxy) is 1. The quantitative estimate of drug-likeness (QED) is 0.695. The summed E-state index contributed by atoms with van der Waals surface area (Å²) in [5, 5.41) is 6.94. The molecule has 0 radical (unpaired) electrons. The molecule has 108 valence electrons. The number of rotatable bonds is 8. The lowest BCUT2D eigenvalue weighted by Gasteiger charge is -2.07. The third kappa shape index (κ3) is 4.55. The van der Waals surface area contributed by atoms with Crippen molar-refractivity contribution in [2.75, 3.05) is 25.5 Å². The van der Waals surface area contributed by atoms with Crippen LogP contribution in [0.1, 0.15) is 42.4 Å². The first-order valence-corrected chi connectivity index (χ1v) is 6.73. The van der Waals surface area contributed by atoms with Gasteiger partial charge in [-0.3, -0.25) is 9.48 Å². The maximum Gasteiger partial charge on any atom is 0.271 e. The smallest absolute Gasteiger partial charge is 0.271 e. The molecule has 0 aliphatic heterocycles. The first-order valence-electron chi connectivity index (χ1n) is 6.73. The first-order chi connectivity index (χ1) is 9.07. The highest BCUT2D eigenvalue weighted by Gasteiger charge is 2.16. The molecule has 0 saturated heterocycles. The molecule has 0 aliphatic carbocycles. The second-order valence-electron chi connectivity index (χ2n) is 4.55. The lowest BCUT2D eigenvalue weighted by atomic mass is 10.3. The number of hydrogen-bond donors (Lipinski definition) is 2. The van der Waals surface area contributed by atoms with Gasteiger partial charge in [0.1, 0.15) is 5.69 Å². The van der Waals surface area contributed by atoms with Crippen LogP contribution in [0, 0.1) is 6.92 Å². The van der Waals surface area contributed by atoms with Gasteiger partial charge in [0.05, 0.1) is 11.4 Å². The zero-order valence-corrected chi connectivity index (χ0v) is 12.0. The molecule has 1 heterocycles. The van der Waals surface area contributed by atoms with E-state index in [2.05, 4.69) is 17.3 Å². The normalized spacial score (nSPS) is 10.7. The number of unbranched alkanes of at least 4 members (excludes halogenated alkanes) is 1. The summed E-state index contributed by atoms with van der Waals surface area (Å²) in [6.07, 6.45) is 3.01. The van der Waals surface area contributed by atoms with E-state index in [-0.39, 0.29) is 5.91 Å². The van der Waals surface area contributed by atoms with Gasteiger partial charge in [-0.05, 0) is 19.8 Å². The monoisotopic (exact) mass is 268 g/mol. The molecule has 0 fully saturated rings. The van der Waals surface area contributed by atoms with Crippen molar-refractivity contribution in [1.82, 2.24) is 15.1 Å². The second-order valence-corrected chi connectivity index (χ2v) is 4.55. The third-order valence-corrected chi connectivity index (χ3v) is 2.88. The molecule has 0 aliphatic rings. The van der Waals surface area contributed by atoms with Gasteiger partial charge < -0.3 is 15.8 Å². The van der Waals surface area contributed by atoms with Gasteiger partial charge in [0.25, 0.3) is 5.91 Å². The van der Waals surface area contributed by atoms with Gasteiger partial charge >= 0.3 is 0 Å². The number of carbonyl (C=O) groups excluding carboxylic acids is 1. The Labute approximate surface area is 114 Å². The predicted molar refractivity (Wildman–Crippen MR) is 75.0 cm³/mol. The average Bonchev–Trinajstić information content (AvgIpc) is 2.62. The molecule has 0 bridgehead atoms. The van der Waals surface area contributed by atoms with Gasteiger partial charge in [-0.1, -0.05) is 13.3 Å². The van der Waals surface area contributed by atoms with Gasteiger partial charge in [0, 0.05) is 26.8 Å². The Balaban J connectivity index is 2.28. The van der Waals surface area contributed by atoms with Crippen LogP contribution in [0.2, 0.25) is 0 Å². The lowest BCUT2D eigenvalue weighted by molar-refractivity contribution is 0.0932. The van der Waals surface area contributed by atoms with E-state index in [0.717, 1.165) is 25.9 Å². The largest absolute Gasteiger partial charge is 0.395 e. The van der Waals surface area contributed by atoms with E-state index in [4.69, 9.17) is 10.5 Å². The molecule has 0 spiro atoms. The van der Waals surface area contributed by atoms with Crippen molar-refractivity contribution in [2.24, 2.45) is 7.05 Å². The lowest BCUT2D eigenvalue weighted by Crippen LogP contribution is -2.28. The molecule has 3 N–H and O–H groups in total. The van der Waals surface area contributed by atoms with Crippen LogP contribution in [0.5, 0.6) is 0 Å². The van der Waals surface area contributed by atoms with E-state index in [1.54, 1.807) is 14.0 Å². The van der Waals surface area contributed by atoms with E-state index in [0.29, 0.717) is 30.2 Å². The first kappa shape index (κ1) is 15.5. The Bertz CT molecular complexity index is 415. The Morgan fingerprint density at radius 2 is 2.11 bits per heavy atom. The van der Waals surface area contributed by atoms with Gasteiger partial charge in [0.15, 0.2) is 0 Å². The molecule has 1 aromatic heterocycles. The highest BCUT2D eigenvalue weighted by molar-refractivity contribution is 5.97. The maximum atomic E-state index is 11.9. The Hall–Kier alpha value is -1.56. The van der Waals surface area contributed by atoms with Crippen LogP contribution in [-0.4, -0.2) is 35.4 Å². The Morgan fingerprint density at radius 1 is 1.42 bits per heavy atom. The predicted octanol–water partition coefficient (Wildman–Crippen LogP) is 1.25. The van der Waals surface area contributed by atoms with E-state index in [1.807, 2.05) is 0 Å². The number of aryl methyl sites for hydroxylation is 2. The van der Waals surface area contributed by atoms with Gasteiger partial charge in [0.2, 0.25) is 0 Å². The third-order valence-electron chi connectivity index (χ3n) is 2.88. The SMILES string of the molecule is CCCCOCCCNC(=O)c1c(N)c(C)nn1C. The van der Waals surface area contributed by atoms with Crippen molar-refractivity contribution in [3.8, 4) is 0 Å². The van der Waals surface area contributed by atoms with Crippen LogP contribution < -0.4 is 11.1 Å². The van der Waals surface area contributed by atoms with E-state index < -0.39 is 0 Å². The molecule has 0 unspecified atom stereocenters. The van der Waals surface area contributed by atoms with Crippen molar-refractivity contribution in [2.45, 2.75) is 33.1 Å². The molecule has 19 heavy (non-hydrogen) atoms. The highest BCUT2D eigenvalue weighted by Crippen LogP contribution is 2.14. The summed E-state index contributed by atoms with van der Waals surface area (Å²) in [5.74, 6) is -0.186. The molecule has 0 saturated carbocycles. The van der Waals surface area contributed by atoms with E-state index >= 15 is 0 Å². The Morgan fingerprint density at radius 3 is 2.68 bits per heavy atom. The van der Waals surface area contributed by atoms with Crippen molar-refractivity contribution >= 4 is 11.6 Å². The standard InChI is InChI=1S/C13H24N4O2/c1-4-5-8-19-9-6-7-15-13(18)12-11(14)10(2)16-17(12)3/h4-9,14H2,1-3H3,(H,15,18). The Kier molecular flexibility index (Phi) is 6.35. The minimum atomic E-state index is -0.186. The molecular formula is C13H24N4O2. The van der Waals surface area contributed by atoms with Gasteiger partial charge in [-0.15, -0.1) is 0 Å². The van der Waals surface area contributed by atoms with Gasteiger partial charge in [-0.2, -0.15) is 5.10 Å². The van der Waals surface area contributed by atoms with Gasteiger partial charge in [-0.25, -0.2) is 0 Å². The number of aromatic nitrogens is 2. The summed E-state index contributed by atoms with van der Waals surface area (Å²) < 4.78 is 6.93. The van der Waals surface area contributed by atoms with Crippen LogP contribution in [0.3, 0.4) is 0 Å². The minimum Gasteiger partial charge on any atom is -0.395 e. The fourth-order valence-electron chi connectivity index (χ4n) is 1.75. The van der Waals surface area contributed by atoms with Crippen LogP contribution >= 0.6 is 0 Å². The van der Waals surface area contributed by atoms with Crippen molar-refractivity contribution in [3.05, 3.63) is 11.4 Å². The molecular weight excluding hydrogens is 244 g/mol. The average molecular weight is 268 g/mol. The molecule has 1 rings (SSSR count). The van der Waals surface area contributed by atoms with E-state index in [9.17, 15) is 4.79 Å². The summed E-state index contributed by atoms with van der Waals surface area (Å²) in [7, 11) is 1.71. The van der Waals surface area contributed by atoms with Crippen LogP contribution in [0.25, 0.3) is 0 Å². The highest BCUT2D eigenvalue weighted by atomic mass is 16.5. The summed E-state index contributed by atoms with van der Waals surface area (Å²) in [4.78, 5) is 11.9. The number of anilines is 1. The summed E-state index contributed by atoms with van der Waals surface area (Å²) in [5.41, 5.74) is 7.36. The minimum absolute atomic E-state index is 0.186. The number of nitrogens with one attached hydrogen (secondary N) is 1. The fraction of sp³-hybridized carbons (Fsp3) is 0.692. The number of nitrogens with zero attached hydrogens (tertiary/aromatic N) is 2. The maximum absolute atomic E-state index is 11.9.